The Kier molecular flexibility index (Phi) is 10.5. The van der Waals surface area contributed by atoms with Crippen LogP contribution in [0.1, 0.15) is 5.56 Å². The van der Waals surface area contributed by atoms with E-state index in [1.807, 2.05) is 0 Å². The molecule has 0 fully saturated rings. The Hall–Kier alpha value is -0.880. The molecular formula is C13H19ClF2IN3O3S. The molecule has 1 aromatic carbocycles. The van der Waals surface area contributed by atoms with Gasteiger partial charge in [0.2, 0.25) is 0 Å². The van der Waals surface area contributed by atoms with E-state index in [2.05, 4.69) is 20.4 Å². The van der Waals surface area contributed by atoms with Crippen LogP contribution < -0.4 is 15.4 Å². The van der Waals surface area contributed by atoms with Gasteiger partial charge in [0.1, 0.15) is 15.6 Å². The Morgan fingerprint density at radius 1 is 1.38 bits per heavy atom. The van der Waals surface area contributed by atoms with Crippen molar-refractivity contribution in [3.8, 4) is 5.75 Å². The number of nitrogens with one attached hydrogen (secondary N) is 2. The third-order valence-corrected chi connectivity index (χ3v) is 3.85. The van der Waals surface area contributed by atoms with Crippen LogP contribution in [0.25, 0.3) is 0 Å². The largest absolute Gasteiger partial charge is 0.434 e. The Morgan fingerprint density at radius 2 is 2.04 bits per heavy atom. The summed E-state index contributed by atoms with van der Waals surface area (Å²) in [4.78, 5) is 3.91. The molecule has 0 atom stereocenters. The fourth-order valence-corrected chi connectivity index (χ4v) is 2.32. The van der Waals surface area contributed by atoms with E-state index in [4.69, 9.17) is 11.6 Å². The topological polar surface area (TPSA) is 79.8 Å². The fraction of sp³-hybridized carbons (Fsp3) is 0.462. The summed E-state index contributed by atoms with van der Waals surface area (Å²) in [6.07, 6.45) is 1.13. The van der Waals surface area contributed by atoms with Crippen LogP contribution in [0.4, 0.5) is 8.78 Å². The molecule has 6 nitrogen and oxygen atoms in total. The zero-order valence-corrected chi connectivity index (χ0v) is 17.0. The first kappa shape index (κ1) is 23.1. The SMILES string of the molecule is CN=C(NCCS(C)(=O)=O)NCc1cc(Cl)ccc1OC(F)F.I. The summed E-state index contributed by atoms with van der Waals surface area (Å²) >= 11 is 5.85. The molecule has 1 rings (SSSR count). The van der Waals surface area contributed by atoms with E-state index in [1.54, 1.807) is 0 Å². The average molecular weight is 498 g/mol. The summed E-state index contributed by atoms with van der Waals surface area (Å²) in [5.41, 5.74) is 0.420. The molecule has 2 N–H and O–H groups in total. The standard InChI is InChI=1S/C13H18ClF2N3O3S.HI/c1-17-13(18-5-6-23(2,20)21)19-8-9-7-10(14)3-4-11(9)22-12(15)16;/h3-4,7,12H,5-6,8H2,1-2H3,(H2,17,18,19);1H. The molecular weight excluding hydrogens is 479 g/mol. The van der Waals surface area contributed by atoms with Crippen molar-refractivity contribution < 1.29 is 21.9 Å². The minimum atomic E-state index is -3.09. The number of nitrogens with zero attached hydrogens (tertiary/aromatic N) is 1. The molecule has 0 aromatic heterocycles. The van der Waals surface area contributed by atoms with E-state index in [0.717, 1.165) is 6.26 Å². The van der Waals surface area contributed by atoms with Gasteiger partial charge in [-0.1, -0.05) is 11.6 Å². The van der Waals surface area contributed by atoms with Gasteiger partial charge in [-0.25, -0.2) is 8.42 Å². The van der Waals surface area contributed by atoms with Crippen molar-refractivity contribution in [1.82, 2.24) is 10.6 Å². The van der Waals surface area contributed by atoms with E-state index in [-0.39, 0.29) is 48.6 Å². The quantitative estimate of drug-likeness (QED) is 0.343. The predicted octanol–water partition coefficient (Wildman–Crippen LogP) is 2.27. The molecule has 0 unspecified atom stereocenters. The third-order valence-electron chi connectivity index (χ3n) is 2.67. The highest BCUT2D eigenvalue weighted by atomic mass is 127. The normalized spacial score (nSPS) is 11.8. The zero-order valence-electron chi connectivity index (χ0n) is 13.1. The number of ether oxygens (including phenoxy) is 1. The van der Waals surface area contributed by atoms with E-state index >= 15 is 0 Å². The number of hydrogen-bond acceptors (Lipinski definition) is 4. The van der Waals surface area contributed by atoms with Crippen molar-refractivity contribution in [3.63, 3.8) is 0 Å². The molecule has 0 spiro atoms. The van der Waals surface area contributed by atoms with Gasteiger partial charge in [-0.15, -0.1) is 24.0 Å². The van der Waals surface area contributed by atoms with Gasteiger partial charge >= 0.3 is 6.61 Å². The second kappa shape index (κ2) is 10.9. The lowest BCUT2D eigenvalue weighted by Crippen LogP contribution is -2.39. The van der Waals surface area contributed by atoms with Gasteiger partial charge in [0, 0.05) is 37.0 Å². The monoisotopic (exact) mass is 497 g/mol. The highest BCUT2D eigenvalue weighted by Gasteiger charge is 2.11. The summed E-state index contributed by atoms with van der Waals surface area (Å²) in [7, 11) is -1.58. The van der Waals surface area contributed by atoms with Gasteiger partial charge < -0.3 is 15.4 Å². The molecule has 24 heavy (non-hydrogen) atoms. The second-order valence-corrected chi connectivity index (χ2v) is 7.31. The van der Waals surface area contributed by atoms with Crippen molar-refractivity contribution in [2.75, 3.05) is 25.6 Å². The molecule has 0 aliphatic rings. The molecule has 0 radical (unpaired) electrons. The second-order valence-electron chi connectivity index (χ2n) is 4.61. The Labute approximate surface area is 161 Å². The van der Waals surface area contributed by atoms with Crippen molar-refractivity contribution in [1.29, 1.82) is 0 Å². The van der Waals surface area contributed by atoms with Gasteiger partial charge in [0.15, 0.2) is 5.96 Å². The number of halogens is 4. The maximum absolute atomic E-state index is 12.4. The molecule has 0 aliphatic carbocycles. The average Bonchev–Trinajstić information content (AvgIpc) is 2.43. The zero-order chi connectivity index (χ0) is 17.5. The summed E-state index contributed by atoms with van der Waals surface area (Å²) in [5, 5.41) is 6.06. The minimum absolute atomic E-state index is 0. The molecule has 0 bridgehead atoms. The van der Waals surface area contributed by atoms with Crippen molar-refractivity contribution >= 4 is 51.4 Å². The smallest absolute Gasteiger partial charge is 0.387 e. The molecule has 138 valence electrons. The number of alkyl halides is 2. The van der Waals surface area contributed by atoms with Crippen molar-refractivity contribution in [3.05, 3.63) is 28.8 Å². The molecule has 0 amide bonds. The van der Waals surface area contributed by atoms with Gasteiger partial charge in [0.05, 0.1) is 5.75 Å². The Morgan fingerprint density at radius 3 is 2.58 bits per heavy atom. The lowest BCUT2D eigenvalue weighted by atomic mass is 10.2. The van der Waals surface area contributed by atoms with E-state index < -0.39 is 16.4 Å². The van der Waals surface area contributed by atoms with Gasteiger partial charge in [-0.2, -0.15) is 8.78 Å². The summed E-state index contributed by atoms with van der Waals surface area (Å²) in [6, 6.07) is 4.29. The summed E-state index contributed by atoms with van der Waals surface area (Å²) < 4.78 is 51.3. The first-order valence-electron chi connectivity index (χ1n) is 6.57. The van der Waals surface area contributed by atoms with E-state index in [9.17, 15) is 17.2 Å². The summed E-state index contributed by atoms with van der Waals surface area (Å²) in [5.74, 6) is 0.282. The van der Waals surface area contributed by atoms with Crippen LogP contribution in [0.2, 0.25) is 5.02 Å². The van der Waals surface area contributed by atoms with E-state index in [1.165, 1.54) is 25.2 Å². The molecule has 0 aliphatic heterocycles. The number of aliphatic imine (C=N–C) groups is 1. The van der Waals surface area contributed by atoms with Crippen molar-refractivity contribution in [2.24, 2.45) is 4.99 Å². The van der Waals surface area contributed by atoms with Gasteiger partial charge in [0.25, 0.3) is 0 Å². The van der Waals surface area contributed by atoms with E-state index in [0.29, 0.717) is 16.5 Å². The highest BCUT2D eigenvalue weighted by molar-refractivity contribution is 14.0. The molecule has 0 heterocycles. The first-order chi connectivity index (χ1) is 10.7. The van der Waals surface area contributed by atoms with Crippen LogP contribution in [0.5, 0.6) is 5.75 Å². The number of rotatable bonds is 7. The number of sulfone groups is 1. The van der Waals surface area contributed by atoms with Crippen LogP contribution in [0.15, 0.2) is 23.2 Å². The van der Waals surface area contributed by atoms with Crippen molar-refractivity contribution in [2.45, 2.75) is 13.2 Å². The van der Waals surface area contributed by atoms with Crippen LogP contribution in [-0.4, -0.2) is 46.6 Å². The Balaban J connectivity index is 0.00000529. The number of guanidine groups is 1. The third kappa shape index (κ3) is 9.42. The lowest BCUT2D eigenvalue weighted by molar-refractivity contribution is -0.0504. The molecule has 11 heteroatoms. The molecule has 1 aromatic rings. The van der Waals surface area contributed by atoms with Gasteiger partial charge in [-0.3, -0.25) is 4.99 Å². The maximum atomic E-state index is 12.4. The number of benzene rings is 1. The minimum Gasteiger partial charge on any atom is -0.434 e. The number of hydrogen-bond donors (Lipinski definition) is 2. The van der Waals surface area contributed by atoms with Crippen LogP contribution in [0, 0.1) is 0 Å². The van der Waals surface area contributed by atoms with Gasteiger partial charge in [-0.05, 0) is 18.2 Å². The summed E-state index contributed by atoms with van der Waals surface area (Å²) in [6.45, 7) is -2.64. The maximum Gasteiger partial charge on any atom is 0.387 e. The predicted molar refractivity (Wildman–Crippen MR) is 101 cm³/mol. The molecule has 0 saturated carbocycles. The fourth-order valence-electron chi connectivity index (χ4n) is 1.65. The highest BCUT2D eigenvalue weighted by Crippen LogP contribution is 2.24. The lowest BCUT2D eigenvalue weighted by Gasteiger charge is -2.14. The van der Waals surface area contributed by atoms with Crippen LogP contribution in [0.3, 0.4) is 0 Å². The van der Waals surface area contributed by atoms with Crippen LogP contribution in [-0.2, 0) is 16.4 Å². The molecule has 0 saturated heterocycles. The Bertz CT molecular complexity index is 660. The van der Waals surface area contributed by atoms with Crippen LogP contribution >= 0.6 is 35.6 Å². The first-order valence-corrected chi connectivity index (χ1v) is 9.00.